The first-order valence-corrected chi connectivity index (χ1v) is 7.52. The van der Waals surface area contributed by atoms with Gasteiger partial charge < -0.3 is 15.2 Å². The van der Waals surface area contributed by atoms with Gasteiger partial charge >= 0.3 is 0 Å². The van der Waals surface area contributed by atoms with E-state index in [-0.39, 0.29) is 23.5 Å². The van der Waals surface area contributed by atoms with Crippen LogP contribution in [0.25, 0.3) is 0 Å². The molecule has 1 aromatic rings. The molecule has 6 heteroatoms. The summed E-state index contributed by atoms with van der Waals surface area (Å²) in [7, 11) is 0. The van der Waals surface area contributed by atoms with E-state index in [4.69, 9.17) is 4.52 Å². The second-order valence-corrected chi connectivity index (χ2v) is 5.33. The maximum absolute atomic E-state index is 11.9. The zero-order valence-corrected chi connectivity index (χ0v) is 13.2. The topological polar surface area (TPSA) is 84.2 Å². The number of hydrogen-bond donors (Lipinski definition) is 2. The molecule has 0 bridgehead atoms. The van der Waals surface area contributed by atoms with Crippen molar-refractivity contribution in [2.45, 2.75) is 46.5 Å². The maximum Gasteiger partial charge on any atom is 0.289 e. The third kappa shape index (κ3) is 5.21. The molecule has 0 aliphatic rings. The fraction of sp³-hybridized carbons (Fsp3) is 0.667. The largest absolute Gasteiger partial charge is 0.354 e. The van der Waals surface area contributed by atoms with Gasteiger partial charge in [-0.25, -0.2) is 0 Å². The number of carbonyl (C=O) groups is 2. The molecule has 118 valence electrons. The van der Waals surface area contributed by atoms with Crippen LogP contribution < -0.4 is 10.6 Å². The lowest BCUT2D eigenvalue weighted by atomic mass is 9.99. The minimum atomic E-state index is -0.307. The summed E-state index contributed by atoms with van der Waals surface area (Å²) in [6.07, 6.45) is 1.93. The molecule has 0 saturated carbocycles. The molecule has 2 N–H and O–H groups in total. The van der Waals surface area contributed by atoms with Crippen LogP contribution in [0.15, 0.2) is 10.6 Å². The Hall–Kier alpha value is -1.85. The standard InChI is InChI=1S/C15H25N3O3/c1-5-11(6-2)12-9-13(21-18-12)15(20)17-8-7-16-14(19)10(3)4/h9-11H,5-8H2,1-4H3,(H,16,19)(H,17,20). The highest BCUT2D eigenvalue weighted by Gasteiger charge is 2.17. The molecule has 2 amide bonds. The van der Waals surface area contributed by atoms with Gasteiger partial charge in [0, 0.05) is 31.0 Å². The monoisotopic (exact) mass is 295 g/mol. The first kappa shape index (κ1) is 17.2. The molecule has 0 aliphatic heterocycles. The molecule has 6 nitrogen and oxygen atoms in total. The van der Waals surface area contributed by atoms with E-state index in [0.29, 0.717) is 19.0 Å². The minimum absolute atomic E-state index is 0.0278. The molecule has 1 heterocycles. The van der Waals surface area contributed by atoms with E-state index in [1.165, 1.54) is 0 Å². The quantitative estimate of drug-likeness (QED) is 0.719. The molecule has 0 radical (unpaired) electrons. The zero-order valence-electron chi connectivity index (χ0n) is 13.2. The number of rotatable bonds is 8. The Morgan fingerprint density at radius 1 is 1.19 bits per heavy atom. The second-order valence-electron chi connectivity index (χ2n) is 5.33. The smallest absolute Gasteiger partial charge is 0.289 e. The van der Waals surface area contributed by atoms with Crippen molar-refractivity contribution in [2.75, 3.05) is 13.1 Å². The molecule has 21 heavy (non-hydrogen) atoms. The normalized spacial score (nSPS) is 11.0. The number of hydrogen-bond acceptors (Lipinski definition) is 4. The molecule has 1 aromatic heterocycles. The van der Waals surface area contributed by atoms with Crippen molar-refractivity contribution in [3.63, 3.8) is 0 Å². The molecule has 0 fully saturated rings. The van der Waals surface area contributed by atoms with Crippen molar-refractivity contribution in [3.05, 3.63) is 17.5 Å². The number of nitrogens with zero attached hydrogens (tertiary/aromatic N) is 1. The van der Waals surface area contributed by atoms with Crippen LogP contribution in [0.4, 0.5) is 0 Å². The lowest BCUT2D eigenvalue weighted by Crippen LogP contribution is -2.36. The van der Waals surface area contributed by atoms with Gasteiger partial charge in [0.2, 0.25) is 11.7 Å². The maximum atomic E-state index is 11.9. The van der Waals surface area contributed by atoms with Gasteiger partial charge in [0.15, 0.2) is 0 Å². The molecule has 0 aromatic carbocycles. The fourth-order valence-corrected chi connectivity index (χ4v) is 1.95. The summed E-state index contributed by atoms with van der Waals surface area (Å²) >= 11 is 0. The van der Waals surface area contributed by atoms with Crippen LogP contribution in [0.5, 0.6) is 0 Å². The number of carbonyl (C=O) groups excluding carboxylic acids is 2. The summed E-state index contributed by atoms with van der Waals surface area (Å²) in [6.45, 7) is 8.57. The second kappa shape index (κ2) is 8.44. The third-order valence-corrected chi connectivity index (χ3v) is 3.39. The Kier molecular flexibility index (Phi) is 6.91. The average molecular weight is 295 g/mol. The van der Waals surface area contributed by atoms with Gasteiger partial charge in [0.05, 0.1) is 5.69 Å². The number of nitrogens with one attached hydrogen (secondary N) is 2. The van der Waals surface area contributed by atoms with Gasteiger partial charge in [-0.1, -0.05) is 32.9 Å². The van der Waals surface area contributed by atoms with Crippen LogP contribution in [0.2, 0.25) is 0 Å². The van der Waals surface area contributed by atoms with Crippen molar-refractivity contribution in [1.82, 2.24) is 15.8 Å². The Labute approximate surface area is 125 Å². The van der Waals surface area contributed by atoms with E-state index < -0.39 is 0 Å². The van der Waals surface area contributed by atoms with E-state index in [1.54, 1.807) is 6.07 Å². The molecular weight excluding hydrogens is 270 g/mol. The summed E-state index contributed by atoms with van der Waals surface area (Å²) in [5.41, 5.74) is 0.818. The van der Waals surface area contributed by atoms with Gasteiger partial charge in [-0.15, -0.1) is 0 Å². The third-order valence-electron chi connectivity index (χ3n) is 3.39. The van der Waals surface area contributed by atoms with Crippen LogP contribution in [0.3, 0.4) is 0 Å². The SMILES string of the molecule is CCC(CC)c1cc(C(=O)NCCNC(=O)C(C)C)on1. The van der Waals surface area contributed by atoms with Gasteiger partial charge in [0.25, 0.3) is 5.91 Å². The van der Waals surface area contributed by atoms with Gasteiger partial charge in [-0.3, -0.25) is 9.59 Å². The predicted molar refractivity (Wildman–Crippen MR) is 80.0 cm³/mol. The van der Waals surface area contributed by atoms with Gasteiger partial charge in [-0.2, -0.15) is 0 Å². The minimum Gasteiger partial charge on any atom is -0.354 e. The summed E-state index contributed by atoms with van der Waals surface area (Å²) < 4.78 is 5.08. The molecule has 0 aliphatic carbocycles. The molecule has 0 saturated heterocycles. The van der Waals surface area contributed by atoms with Gasteiger partial charge in [-0.05, 0) is 12.8 Å². The number of amides is 2. The first-order valence-electron chi connectivity index (χ1n) is 7.52. The summed E-state index contributed by atoms with van der Waals surface area (Å²) in [5, 5.41) is 9.38. The molecular formula is C15H25N3O3. The fourth-order valence-electron chi connectivity index (χ4n) is 1.95. The lowest BCUT2D eigenvalue weighted by molar-refractivity contribution is -0.123. The Morgan fingerprint density at radius 2 is 1.81 bits per heavy atom. The highest BCUT2D eigenvalue weighted by Crippen LogP contribution is 2.22. The molecule has 1 rings (SSSR count). The van der Waals surface area contributed by atoms with Crippen LogP contribution in [-0.2, 0) is 4.79 Å². The van der Waals surface area contributed by atoms with Crippen molar-refractivity contribution in [2.24, 2.45) is 5.92 Å². The van der Waals surface area contributed by atoms with E-state index >= 15 is 0 Å². The summed E-state index contributed by atoms with van der Waals surface area (Å²) in [4.78, 5) is 23.2. The highest BCUT2D eigenvalue weighted by molar-refractivity contribution is 5.91. The Balaban J connectivity index is 2.41. The Morgan fingerprint density at radius 3 is 2.38 bits per heavy atom. The first-order chi connectivity index (χ1) is 9.99. The molecule has 0 atom stereocenters. The molecule has 0 unspecified atom stereocenters. The Bertz CT molecular complexity index is 464. The van der Waals surface area contributed by atoms with Crippen LogP contribution in [0.1, 0.15) is 62.7 Å². The van der Waals surface area contributed by atoms with Crippen molar-refractivity contribution < 1.29 is 14.1 Å². The van der Waals surface area contributed by atoms with E-state index in [9.17, 15) is 9.59 Å². The van der Waals surface area contributed by atoms with Gasteiger partial charge in [0.1, 0.15) is 0 Å². The van der Waals surface area contributed by atoms with E-state index in [0.717, 1.165) is 18.5 Å². The van der Waals surface area contributed by atoms with E-state index in [2.05, 4.69) is 29.6 Å². The van der Waals surface area contributed by atoms with Crippen LogP contribution in [-0.4, -0.2) is 30.1 Å². The van der Waals surface area contributed by atoms with Crippen molar-refractivity contribution in [3.8, 4) is 0 Å². The summed E-state index contributed by atoms with van der Waals surface area (Å²) in [5.74, 6) is 0.142. The molecule has 0 spiro atoms. The zero-order chi connectivity index (χ0) is 15.8. The predicted octanol–water partition coefficient (Wildman–Crippen LogP) is 2.08. The lowest BCUT2D eigenvalue weighted by Gasteiger charge is -2.07. The van der Waals surface area contributed by atoms with Crippen molar-refractivity contribution >= 4 is 11.8 Å². The average Bonchev–Trinajstić information content (AvgIpc) is 2.94. The van der Waals surface area contributed by atoms with Crippen LogP contribution in [0, 0.1) is 5.92 Å². The number of aromatic nitrogens is 1. The van der Waals surface area contributed by atoms with Crippen LogP contribution >= 0.6 is 0 Å². The highest BCUT2D eigenvalue weighted by atomic mass is 16.5. The summed E-state index contributed by atoms with van der Waals surface area (Å²) in [6, 6.07) is 1.69. The van der Waals surface area contributed by atoms with E-state index in [1.807, 2.05) is 13.8 Å². The van der Waals surface area contributed by atoms with Crippen molar-refractivity contribution in [1.29, 1.82) is 0 Å².